The molecule has 6 nitrogen and oxygen atoms in total. The molecule has 2 aromatic heterocycles. The van der Waals surface area contributed by atoms with Crippen molar-refractivity contribution in [1.29, 1.82) is 0 Å². The molecule has 3 rings (SSSR count). The number of carbonyl (C=O) groups is 1. The summed E-state index contributed by atoms with van der Waals surface area (Å²) >= 11 is 18.3. The number of benzene rings is 1. The Balaban J connectivity index is 1.90. The minimum absolute atomic E-state index is 0.182. The van der Waals surface area contributed by atoms with Crippen LogP contribution in [-0.2, 0) is 4.74 Å². The zero-order valence-corrected chi connectivity index (χ0v) is 17.0. The molecule has 26 heavy (non-hydrogen) atoms. The monoisotopic (exact) mass is 432 g/mol. The van der Waals surface area contributed by atoms with E-state index in [1.165, 1.54) is 11.3 Å². The molecule has 0 spiro atoms. The molecule has 0 aliphatic rings. The van der Waals surface area contributed by atoms with Crippen LogP contribution in [-0.4, -0.2) is 31.3 Å². The van der Waals surface area contributed by atoms with Gasteiger partial charge in [0.15, 0.2) is 0 Å². The number of fused-ring (bicyclic) bond motifs is 1. The highest BCUT2D eigenvalue weighted by Gasteiger charge is 2.23. The van der Waals surface area contributed by atoms with Gasteiger partial charge < -0.3 is 4.74 Å². The molecule has 3 aromatic rings. The van der Waals surface area contributed by atoms with Crippen LogP contribution in [0.5, 0.6) is 0 Å². The van der Waals surface area contributed by atoms with Gasteiger partial charge in [0.1, 0.15) is 12.4 Å². The summed E-state index contributed by atoms with van der Waals surface area (Å²) in [6.07, 6.45) is -0.730. The fourth-order valence-electron chi connectivity index (χ4n) is 2.23. The Hall–Kier alpha value is -1.54. The number of nitrogens with one attached hydrogen (secondary N) is 1. The molecule has 0 saturated carbocycles. The number of anilines is 1. The van der Waals surface area contributed by atoms with E-state index in [-0.39, 0.29) is 12.5 Å². The van der Waals surface area contributed by atoms with Crippen LogP contribution in [0.4, 0.5) is 10.6 Å². The second-order valence-corrected chi connectivity index (χ2v) is 9.24. The lowest BCUT2D eigenvalue weighted by Gasteiger charge is -2.12. The second-order valence-electron chi connectivity index (χ2n) is 5.84. The summed E-state index contributed by atoms with van der Waals surface area (Å²) < 4.78 is 5.93. The predicted molar refractivity (Wildman–Crippen MR) is 106 cm³/mol. The van der Waals surface area contributed by atoms with E-state index >= 15 is 0 Å². The number of alkyl halides is 3. The van der Waals surface area contributed by atoms with Crippen LogP contribution in [0.3, 0.4) is 0 Å². The molecular formula is C16H15Cl3N4O2S. The zero-order valence-electron chi connectivity index (χ0n) is 13.9. The quantitative estimate of drug-likeness (QED) is 0.550. The Bertz CT molecular complexity index is 933. The van der Waals surface area contributed by atoms with Crippen LogP contribution in [0.15, 0.2) is 29.8 Å². The zero-order chi connectivity index (χ0) is 18.9. The molecule has 1 N–H and O–H groups in total. The molecule has 0 aliphatic carbocycles. The van der Waals surface area contributed by atoms with Gasteiger partial charge in [-0.05, 0) is 24.1 Å². The average Bonchev–Trinajstić information content (AvgIpc) is 3.18. The van der Waals surface area contributed by atoms with Crippen LogP contribution < -0.4 is 5.32 Å². The summed E-state index contributed by atoms with van der Waals surface area (Å²) in [7, 11) is 0. The first-order valence-corrected chi connectivity index (χ1v) is 9.68. The van der Waals surface area contributed by atoms with Crippen molar-refractivity contribution >= 4 is 68.3 Å². The molecule has 0 unspecified atom stereocenters. The lowest BCUT2D eigenvalue weighted by molar-refractivity contribution is 0.163. The van der Waals surface area contributed by atoms with E-state index in [2.05, 4.69) is 15.4 Å². The fraction of sp³-hybridized carbons (Fsp3) is 0.312. The van der Waals surface area contributed by atoms with Crippen LogP contribution >= 0.6 is 46.1 Å². The van der Waals surface area contributed by atoms with Crippen molar-refractivity contribution in [3.63, 3.8) is 0 Å². The number of thiazole rings is 1. The Morgan fingerprint density at radius 3 is 2.81 bits per heavy atom. The van der Waals surface area contributed by atoms with Crippen LogP contribution in [0, 0.1) is 0 Å². The molecule has 0 radical (unpaired) electrons. The van der Waals surface area contributed by atoms with Gasteiger partial charge in [-0.2, -0.15) is 5.10 Å². The Morgan fingerprint density at radius 2 is 2.12 bits per heavy atom. The maximum atomic E-state index is 12.0. The van der Waals surface area contributed by atoms with Crippen LogP contribution in [0.25, 0.3) is 15.9 Å². The van der Waals surface area contributed by atoms with Crippen molar-refractivity contribution in [3.05, 3.63) is 35.5 Å². The van der Waals surface area contributed by atoms with Crippen LogP contribution in [0.1, 0.15) is 25.5 Å². The molecule has 138 valence electrons. The number of carbonyl (C=O) groups excluding carboxylic acids is 1. The summed E-state index contributed by atoms with van der Waals surface area (Å²) in [4.78, 5) is 16.3. The van der Waals surface area contributed by atoms with Gasteiger partial charge in [-0.15, -0.1) is 11.3 Å². The molecule has 2 heterocycles. The maximum Gasteiger partial charge on any atom is 0.412 e. The predicted octanol–water partition coefficient (Wildman–Crippen LogP) is 5.52. The number of rotatable bonds is 4. The van der Waals surface area contributed by atoms with Crippen LogP contribution in [0.2, 0.25) is 0 Å². The standard InChI is InChI=1S/C16H15Cl3N4O2S/c1-9(2)12-6-14(21-15(24)25-7-16(17,18)19)23(22-12)10-3-4-11-13(5-10)26-8-20-11/h3-6,8-9H,7H2,1-2H3,(H,21,24). The number of nitrogens with zero attached hydrogens (tertiary/aromatic N) is 3. The van der Waals surface area contributed by atoms with Gasteiger partial charge in [-0.1, -0.05) is 48.7 Å². The minimum atomic E-state index is -1.67. The smallest absolute Gasteiger partial charge is 0.412 e. The topological polar surface area (TPSA) is 69.0 Å². The Morgan fingerprint density at radius 1 is 1.35 bits per heavy atom. The second kappa shape index (κ2) is 7.60. The summed E-state index contributed by atoms with van der Waals surface area (Å²) in [5.41, 5.74) is 4.31. The lowest BCUT2D eigenvalue weighted by Crippen LogP contribution is -2.22. The molecule has 0 saturated heterocycles. The molecule has 0 aliphatic heterocycles. The molecular weight excluding hydrogens is 419 g/mol. The summed E-state index contributed by atoms with van der Waals surface area (Å²) in [6.45, 7) is 3.68. The first kappa shape index (κ1) is 19.2. The highest BCUT2D eigenvalue weighted by Crippen LogP contribution is 2.28. The fourth-order valence-corrected chi connectivity index (χ4v) is 3.10. The normalized spacial score (nSPS) is 11.9. The first-order valence-electron chi connectivity index (χ1n) is 7.67. The summed E-state index contributed by atoms with van der Waals surface area (Å²) in [6, 6.07) is 7.54. The number of hydrogen-bond acceptors (Lipinski definition) is 5. The van der Waals surface area contributed by atoms with Gasteiger partial charge in [0, 0.05) is 6.07 Å². The van der Waals surface area contributed by atoms with Gasteiger partial charge in [-0.25, -0.2) is 14.5 Å². The number of ether oxygens (including phenoxy) is 1. The lowest BCUT2D eigenvalue weighted by atomic mass is 10.1. The minimum Gasteiger partial charge on any atom is -0.445 e. The van der Waals surface area contributed by atoms with Crippen molar-refractivity contribution in [2.45, 2.75) is 23.6 Å². The van der Waals surface area contributed by atoms with E-state index in [4.69, 9.17) is 39.5 Å². The molecule has 0 atom stereocenters. The van der Waals surface area contributed by atoms with E-state index in [9.17, 15) is 4.79 Å². The van der Waals surface area contributed by atoms with Crippen molar-refractivity contribution in [2.75, 3.05) is 11.9 Å². The van der Waals surface area contributed by atoms with Gasteiger partial charge in [-0.3, -0.25) is 5.32 Å². The maximum absolute atomic E-state index is 12.0. The van der Waals surface area contributed by atoms with Crippen molar-refractivity contribution in [3.8, 4) is 5.69 Å². The molecule has 1 amide bonds. The van der Waals surface area contributed by atoms with Crippen molar-refractivity contribution in [2.24, 2.45) is 0 Å². The van der Waals surface area contributed by atoms with Crippen molar-refractivity contribution in [1.82, 2.24) is 14.8 Å². The van der Waals surface area contributed by atoms with Crippen molar-refractivity contribution < 1.29 is 9.53 Å². The Labute approximate surface area is 169 Å². The van der Waals surface area contributed by atoms with Gasteiger partial charge >= 0.3 is 6.09 Å². The Kier molecular flexibility index (Phi) is 5.62. The molecule has 10 heteroatoms. The average molecular weight is 434 g/mol. The molecule has 1 aromatic carbocycles. The third-order valence-electron chi connectivity index (χ3n) is 3.48. The molecule has 0 bridgehead atoms. The van der Waals surface area contributed by atoms with E-state index in [0.717, 1.165) is 21.6 Å². The van der Waals surface area contributed by atoms with E-state index in [1.54, 1.807) is 16.3 Å². The third kappa shape index (κ3) is 4.59. The van der Waals surface area contributed by atoms with Gasteiger partial charge in [0.25, 0.3) is 0 Å². The first-order chi connectivity index (χ1) is 12.2. The largest absolute Gasteiger partial charge is 0.445 e. The van der Waals surface area contributed by atoms with E-state index in [0.29, 0.717) is 5.82 Å². The van der Waals surface area contributed by atoms with E-state index in [1.807, 2.05) is 32.0 Å². The van der Waals surface area contributed by atoms with E-state index < -0.39 is 9.89 Å². The SMILES string of the molecule is CC(C)c1cc(NC(=O)OCC(Cl)(Cl)Cl)n(-c2ccc3ncsc3c2)n1. The third-order valence-corrected chi connectivity index (χ3v) is 4.60. The number of amides is 1. The van der Waals surface area contributed by atoms with Gasteiger partial charge in [0.2, 0.25) is 3.79 Å². The number of aromatic nitrogens is 3. The molecule has 0 fully saturated rings. The summed E-state index contributed by atoms with van der Waals surface area (Å²) in [5.74, 6) is 0.646. The summed E-state index contributed by atoms with van der Waals surface area (Å²) in [5, 5.41) is 7.24. The van der Waals surface area contributed by atoms with Gasteiger partial charge in [0.05, 0.1) is 27.1 Å². The number of halogens is 3. The highest BCUT2D eigenvalue weighted by molar-refractivity contribution is 7.16. The highest BCUT2D eigenvalue weighted by atomic mass is 35.6. The number of hydrogen-bond donors (Lipinski definition) is 1.